The number of rotatable bonds is 4. The Morgan fingerprint density at radius 2 is 2.00 bits per heavy atom. The lowest BCUT2D eigenvalue weighted by Crippen LogP contribution is -2.16. The molecule has 0 aliphatic rings. The van der Waals surface area contributed by atoms with Gasteiger partial charge >= 0.3 is 0 Å². The monoisotopic (exact) mass is 168 g/mol. The molecule has 0 fully saturated rings. The summed E-state index contributed by atoms with van der Waals surface area (Å²) in [4.78, 5) is 0. The quantitative estimate of drug-likeness (QED) is 0.398. The minimum atomic E-state index is 0.409. The van der Waals surface area contributed by atoms with E-state index in [4.69, 9.17) is 5.26 Å². The average molecular weight is 168 g/mol. The molecule has 0 saturated heterocycles. The first kappa shape index (κ1) is 11.3. The molecule has 0 bridgehead atoms. The van der Waals surface area contributed by atoms with Gasteiger partial charge in [0.15, 0.2) is 6.19 Å². The number of nitrogens with zero attached hydrogens (tertiary/aromatic N) is 1. The molecular formula is C10H20N2. The molecule has 1 atom stereocenters. The number of hydrogen-bond acceptors (Lipinski definition) is 2. The summed E-state index contributed by atoms with van der Waals surface area (Å²) in [6.45, 7) is 9.81. The van der Waals surface area contributed by atoms with Gasteiger partial charge in [0.1, 0.15) is 0 Å². The van der Waals surface area contributed by atoms with E-state index in [9.17, 15) is 0 Å². The molecule has 0 spiro atoms. The molecule has 0 radical (unpaired) electrons. The highest BCUT2D eigenvalue weighted by atomic mass is 14.8. The first-order chi connectivity index (χ1) is 5.45. The van der Waals surface area contributed by atoms with Crippen LogP contribution in [0.3, 0.4) is 0 Å². The molecule has 1 N–H and O–H groups in total. The van der Waals surface area contributed by atoms with Crippen molar-refractivity contribution in [3.8, 4) is 6.19 Å². The second-order valence-corrected chi connectivity index (χ2v) is 4.70. The van der Waals surface area contributed by atoms with Gasteiger partial charge in [-0.15, -0.1) is 0 Å². The van der Waals surface area contributed by atoms with E-state index in [2.05, 4.69) is 33.0 Å². The Kier molecular flexibility index (Phi) is 4.73. The summed E-state index contributed by atoms with van der Waals surface area (Å²) in [5.74, 6) is 0.700. The van der Waals surface area contributed by atoms with Crippen LogP contribution in [0.4, 0.5) is 0 Å². The minimum Gasteiger partial charge on any atom is -0.324 e. The summed E-state index contributed by atoms with van der Waals surface area (Å²) in [5.41, 5.74) is 0.409. The lowest BCUT2D eigenvalue weighted by Gasteiger charge is -2.22. The molecule has 0 aromatic heterocycles. The normalized spacial score (nSPS) is 13.6. The van der Waals surface area contributed by atoms with Crippen molar-refractivity contribution in [2.24, 2.45) is 11.3 Å². The standard InChI is InChI=1S/C10H20N2/c1-9(5-6-12-8-11)7-10(2,3)4/h9,12H,5-7H2,1-4H3. The molecule has 0 heterocycles. The maximum atomic E-state index is 8.25. The molecule has 2 nitrogen and oxygen atoms in total. The van der Waals surface area contributed by atoms with Gasteiger partial charge in [-0.1, -0.05) is 27.7 Å². The van der Waals surface area contributed by atoms with Crippen molar-refractivity contribution in [1.82, 2.24) is 5.32 Å². The molecule has 0 amide bonds. The first-order valence-corrected chi connectivity index (χ1v) is 4.57. The maximum Gasteiger partial charge on any atom is 0.176 e. The molecule has 0 aromatic carbocycles. The molecule has 0 aromatic rings. The average Bonchev–Trinajstić information content (AvgIpc) is 1.84. The summed E-state index contributed by atoms with van der Waals surface area (Å²) in [5, 5.41) is 10.9. The molecule has 12 heavy (non-hydrogen) atoms. The Morgan fingerprint density at radius 1 is 1.42 bits per heavy atom. The first-order valence-electron chi connectivity index (χ1n) is 4.57. The molecule has 0 saturated carbocycles. The summed E-state index contributed by atoms with van der Waals surface area (Å²) in [7, 11) is 0. The molecule has 0 aliphatic heterocycles. The van der Waals surface area contributed by atoms with E-state index in [0.29, 0.717) is 11.3 Å². The highest BCUT2D eigenvalue weighted by molar-refractivity contribution is 4.70. The maximum absolute atomic E-state index is 8.25. The zero-order valence-electron chi connectivity index (χ0n) is 8.65. The molecule has 1 unspecified atom stereocenters. The second-order valence-electron chi connectivity index (χ2n) is 4.70. The molecule has 0 rings (SSSR count). The highest BCUT2D eigenvalue weighted by Crippen LogP contribution is 2.25. The fourth-order valence-electron chi connectivity index (χ4n) is 1.52. The van der Waals surface area contributed by atoms with Gasteiger partial charge in [0.05, 0.1) is 0 Å². The summed E-state index contributed by atoms with van der Waals surface area (Å²) in [6.07, 6.45) is 4.25. The van der Waals surface area contributed by atoms with Crippen LogP contribution in [0.15, 0.2) is 0 Å². The van der Waals surface area contributed by atoms with E-state index in [0.717, 1.165) is 13.0 Å². The van der Waals surface area contributed by atoms with Crippen LogP contribution in [0, 0.1) is 22.8 Å². The van der Waals surface area contributed by atoms with Crippen LogP contribution < -0.4 is 5.32 Å². The van der Waals surface area contributed by atoms with Crippen LogP contribution in [0.2, 0.25) is 0 Å². The smallest absolute Gasteiger partial charge is 0.176 e. The fourth-order valence-corrected chi connectivity index (χ4v) is 1.52. The number of nitriles is 1. The SMILES string of the molecule is CC(CCNC#N)CC(C)(C)C. The van der Waals surface area contributed by atoms with Crippen molar-refractivity contribution < 1.29 is 0 Å². The van der Waals surface area contributed by atoms with Crippen molar-refractivity contribution in [1.29, 1.82) is 5.26 Å². The van der Waals surface area contributed by atoms with Crippen molar-refractivity contribution in [3.05, 3.63) is 0 Å². The minimum absolute atomic E-state index is 0.409. The van der Waals surface area contributed by atoms with Crippen LogP contribution >= 0.6 is 0 Å². The van der Waals surface area contributed by atoms with E-state index in [1.807, 2.05) is 6.19 Å². The van der Waals surface area contributed by atoms with Crippen molar-refractivity contribution >= 4 is 0 Å². The van der Waals surface area contributed by atoms with Gasteiger partial charge in [-0.3, -0.25) is 0 Å². The Balaban J connectivity index is 3.48. The van der Waals surface area contributed by atoms with Crippen molar-refractivity contribution in [2.75, 3.05) is 6.54 Å². The van der Waals surface area contributed by atoms with E-state index in [-0.39, 0.29) is 0 Å². The summed E-state index contributed by atoms with van der Waals surface area (Å²) >= 11 is 0. The summed E-state index contributed by atoms with van der Waals surface area (Å²) < 4.78 is 0. The van der Waals surface area contributed by atoms with Crippen LogP contribution in [-0.4, -0.2) is 6.54 Å². The van der Waals surface area contributed by atoms with Crippen molar-refractivity contribution in [3.63, 3.8) is 0 Å². The van der Waals surface area contributed by atoms with Crippen LogP contribution in [0.1, 0.15) is 40.5 Å². The third-order valence-corrected chi connectivity index (χ3v) is 1.80. The van der Waals surface area contributed by atoms with E-state index >= 15 is 0 Å². The Bertz CT molecular complexity index is 150. The van der Waals surface area contributed by atoms with Crippen LogP contribution in [-0.2, 0) is 0 Å². The van der Waals surface area contributed by atoms with Crippen LogP contribution in [0.25, 0.3) is 0 Å². The molecular weight excluding hydrogens is 148 g/mol. The van der Waals surface area contributed by atoms with Gasteiger partial charge < -0.3 is 5.32 Å². The van der Waals surface area contributed by atoms with E-state index in [1.54, 1.807) is 0 Å². The predicted octanol–water partition coefficient (Wildman–Crippen LogP) is 2.52. The largest absolute Gasteiger partial charge is 0.324 e. The third-order valence-electron chi connectivity index (χ3n) is 1.80. The third kappa shape index (κ3) is 7.40. The zero-order chi connectivity index (χ0) is 9.61. The second kappa shape index (κ2) is 5.03. The number of nitrogens with one attached hydrogen (secondary N) is 1. The Morgan fingerprint density at radius 3 is 2.42 bits per heavy atom. The van der Waals surface area contributed by atoms with Gasteiger partial charge in [-0.05, 0) is 24.2 Å². The van der Waals surface area contributed by atoms with E-state index < -0.39 is 0 Å². The summed E-state index contributed by atoms with van der Waals surface area (Å²) in [6, 6.07) is 0. The lowest BCUT2D eigenvalue weighted by atomic mass is 9.84. The fraction of sp³-hybridized carbons (Fsp3) is 0.900. The van der Waals surface area contributed by atoms with Gasteiger partial charge in [-0.2, -0.15) is 5.26 Å². The predicted molar refractivity (Wildman–Crippen MR) is 51.5 cm³/mol. The van der Waals surface area contributed by atoms with Gasteiger partial charge in [0.25, 0.3) is 0 Å². The molecule has 0 aliphatic carbocycles. The molecule has 2 heteroatoms. The van der Waals surface area contributed by atoms with Gasteiger partial charge in [0, 0.05) is 6.54 Å². The topological polar surface area (TPSA) is 35.8 Å². The lowest BCUT2D eigenvalue weighted by molar-refractivity contribution is 0.297. The Labute approximate surface area is 76.0 Å². The van der Waals surface area contributed by atoms with Crippen molar-refractivity contribution in [2.45, 2.75) is 40.5 Å². The number of hydrogen-bond donors (Lipinski definition) is 1. The van der Waals surface area contributed by atoms with Gasteiger partial charge in [-0.25, -0.2) is 0 Å². The van der Waals surface area contributed by atoms with Gasteiger partial charge in [0.2, 0.25) is 0 Å². The van der Waals surface area contributed by atoms with E-state index in [1.165, 1.54) is 6.42 Å². The molecule has 70 valence electrons. The van der Waals surface area contributed by atoms with Crippen LogP contribution in [0.5, 0.6) is 0 Å². The Hall–Kier alpha value is -0.710. The zero-order valence-corrected chi connectivity index (χ0v) is 8.65. The highest BCUT2D eigenvalue weighted by Gasteiger charge is 2.14.